The second kappa shape index (κ2) is 3.66. The molecule has 1 aliphatic heterocycles. The maximum Gasteiger partial charge on any atom is 0.128 e. The van der Waals surface area contributed by atoms with E-state index in [4.69, 9.17) is 10.5 Å². The smallest absolute Gasteiger partial charge is 0.128 e. The summed E-state index contributed by atoms with van der Waals surface area (Å²) in [6, 6.07) is 0. The van der Waals surface area contributed by atoms with E-state index in [2.05, 4.69) is 9.97 Å². The van der Waals surface area contributed by atoms with Crippen molar-refractivity contribution in [2.45, 2.75) is 24.4 Å². The van der Waals surface area contributed by atoms with E-state index in [1.807, 2.05) is 0 Å². The first-order valence-corrected chi connectivity index (χ1v) is 4.44. The predicted molar refractivity (Wildman–Crippen MR) is 47.3 cm³/mol. The molecule has 0 spiro atoms. The molecule has 1 aromatic heterocycles. The molecule has 6 nitrogen and oxygen atoms in total. The third kappa shape index (κ3) is 1.42. The molecule has 14 heavy (non-hydrogen) atoms. The van der Waals surface area contributed by atoms with E-state index in [9.17, 15) is 10.2 Å². The van der Waals surface area contributed by atoms with Crippen molar-refractivity contribution in [2.24, 2.45) is 5.73 Å². The second-order valence-corrected chi connectivity index (χ2v) is 3.32. The van der Waals surface area contributed by atoms with E-state index < -0.39 is 24.4 Å². The van der Waals surface area contributed by atoms with Crippen molar-refractivity contribution in [2.75, 3.05) is 6.54 Å². The lowest BCUT2D eigenvalue weighted by atomic mass is 10.1. The Balaban J connectivity index is 2.16. The lowest BCUT2D eigenvalue weighted by molar-refractivity contribution is 0.00933. The third-order valence-electron chi connectivity index (χ3n) is 2.42. The Morgan fingerprint density at radius 1 is 1.50 bits per heavy atom. The van der Waals surface area contributed by atoms with E-state index in [0.717, 1.165) is 0 Å². The fraction of sp³-hybridized carbons (Fsp3) is 0.625. The van der Waals surface area contributed by atoms with Gasteiger partial charge in [-0.25, -0.2) is 4.98 Å². The Bertz CT molecular complexity index is 290. The molecular formula is C8H13N3O3. The van der Waals surface area contributed by atoms with Crippen LogP contribution in [0.15, 0.2) is 12.5 Å². The van der Waals surface area contributed by atoms with Crippen LogP contribution in [0.2, 0.25) is 0 Å². The Morgan fingerprint density at radius 3 is 2.79 bits per heavy atom. The molecular weight excluding hydrogens is 186 g/mol. The molecule has 5 N–H and O–H groups in total. The molecule has 6 heteroatoms. The number of nitrogens with zero attached hydrogens (tertiary/aromatic N) is 1. The summed E-state index contributed by atoms with van der Waals surface area (Å²) in [5, 5.41) is 19.2. The highest BCUT2D eigenvalue weighted by Crippen LogP contribution is 2.31. The minimum absolute atomic E-state index is 0.183. The number of aliphatic hydroxyl groups excluding tert-OH is 2. The zero-order valence-corrected chi connectivity index (χ0v) is 7.50. The lowest BCUT2D eigenvalue weighted by Crippen LogP contribution is -2.35. The van der Waals surface area contributed by atoms with Crippen LogP contribution in [0.5, 0.6) is 0 Å². The molecule has 1 aromatic rings. The topological polar surface area (TPSA) is 104 Å². The van der Waals surface area contributed by atoms with E-state index >= 15 is 0 Å². The molecule has 2 rings (SSSR count). The van der Waals surface area contributed by atoms with Gasteiger partial charge in [-0.3, -0.25) is 0 Å². The number of hydrogen-bond acceptors (Lipinski definition) is 5. The van der Waals surface area contributed by atoms with Gasteiger partial charge in [-0.05, 0) is 0 Å². The van der Waals surface area contributed by atoms with Gasteiger partial charge in [0, 0.05) is 6.54 Å². The van der Waals surface area contributed by atoms with Crippen LogP contribution in [0, 0.1) is 0 Å². The van der Waals surface area contributed by atoms with Crippen LogP contribution in [0.25, 0.3) is 0 Å². The first-order chi connectivity index (χ1) is 6.74. The van der Waals surface area contributed by atoms with Crippen LogP contribution in [-0.2, 0) is 4.74 Å². The standard InChI is InChI=1S/C8H13N3O3/c9-1-5-6(12)7(13)8(14-5)4-2-10-3-11-4/h2-3,5-8,12-13H,1,9H2,(H,10,11). The highest BCUT2D eigenvalue weighted by Gasteiger charge is 2.43. The molecule has 0 aromatic carbocycles. The molecule has 1 fully saturated rings. The predicted octanol–water partition coefficient (Wildman–Crippen LogP) is -1.47. The van der Waals surface area contributed by atoms with Gasteiger partial charge in [-0.15, -0.1) is 0 Å². The van der Waals surface area contributed by atoms with Crippen molar-refractivity contribution >= 4 is 0 Å². The van der Waals surface area contributed by atoms with Crippen LogP contribution in [-0.4, -0.2) is 45.0 Å². The number of H-pyrrole nitrogens is 1. The van der Waals surface area contributed by atoms with Crippen LogP contribution < -0.4 is 5.73 Å². The summed E-state index contributed by atoms with van der Waals surface area (Å²) < 4.78 is 5.38. The molecule has 0 amide bonds. The zero-order valence-electron chi connectivity index (χ0n) is 7.50. The molecule has 0 radical (unpaired) electrons. The summed E-state index contributed by atoms with van der Waals surface area (Å²) in [7, 11) is 0. The average molecular weight is 199 g/mol. The van der Waals surface area contributed by atoms with Gasteiger partial charge in [-0.2, -0.15) is 0 Å². The molecule has 4 atom stereocenters. The van der Waals surface area contributed by atoms with Crippen LogP contribution in [0.3, 0.4) is 0 Å². The van der Waals surface area contributed by atoms with Crippen molar-refractivity contribution in [1.82, 2.24) is 9.97 Å². The molecule has 0 saturated carbocycles. The first-order valence-electron chi connectivity index (χ1n) is 4.44. The number of ether oxygens (including phenoxy) is 1. The monoisotopic (exact) mass is 199 g/mol. The van der Waals surface area contributed by atoms with E-state index in [1.54, 1.807) is 6.20 Å². The molecule has 0 aliphatic carbocycles. The zero-order chi connectivity index (χ0) is 10.1. The van der Waals surface area contributed by atoms with Gasteiger partial charge in [0.25, 0.3) is 0 Å². The minimum atomic E-state index is -0.955. The summed E-state index contributed by atoms with van der Waals surface area (Å²) in [5.74, 6) is 0. The lowest BCUT2D eigenvalue weighted by Gasteiger charge is -2.11. The molecule has 4 unspecified atom stereocenters. The summed E-state index contributed by atoms with van der Waals surface area (Å²) in [5.41, 5.74) is 6.03. The number of aromatic amines is 1. The molecule has 0 bridgehead atoms. The van der Waals surface area contributed by atoms with Gasteiger partial charge in [0.1, 0.15) is 18.3 Å². The van der Waals surface area contributed by atoms with E-state index in [1.165, 1.54) is 6.33 Å². The van der Waals surface area contributed by atoms with Crippen LogP contribution in [0.4, 0.5) is 0 Å². The number of nitrogens with two attached hydrogens (primary N) is 1. The second-order valence-electron chi connectivity index (χ2n) is 3.32. The Kier molecular flexibility index (Phi) is 2.51. The summed E-state index contributed by atoms with van der Waals surface area (Å²) >= 11 is 0. The molecule has 2 heterocycles. The SMILES string of the molecule is NCC1OC(c2cnc[nH]2)C(O)C1O. The number of nitrogens with one attached hydrogen (secondary N) is 1. The average Bonchev–Trinajstić information content (AvgIpc) is 2.78. The van der Waals surface area contributed by atoms with Crippen molar-refractivity contribution in [3.8, 4) is 0 Å². The number of rotatable bonds is 2. The normalized spacial score (nSPS) is 37.6. The highest BCUT2D eigenvalue weighted by molar-refractivity contribution is 5.07. The fourth-order valence-corrected chi connectivity index (χ4v) is 1.62. The highest BCUT2D eigenvalue weighted by atomic mass is 16.5. The van der Waals surface area contributed by atoms with Gasteiger partial charge in [0.2, 0.25) is 0 Å². The molecule has 78 valence electrons. The van der Waals surface area contributed by atoms with Gasteiger partial charge in [0.05, 0.1) is 24.3 Å². The largest absolute Gasteiger partial charge is 0.388 e. The van der Waals surface area contributed by atoms with Gasteiger partial charge >= 0.3 is 0 Å². The fourth-order valence-electron chi connectivity index (χ4n) is 1.62. The van der Waals surface area contributed by atoms with E-state index in [-0.39, 0.29) is 6.54 Å². The number of aliphatic hydroxyl groups is 2. The summed E-state index contributed by atoms with van der Waals surface area (Å²) in [6.07, 6.45) is 0.0734. The Labute approximate surface area is 80.7 Å². The van der Waals surface area contributed by atoms with Crippen LogP contribution >= 0.6 is 0 Å². The van der Waals surface area contributed by atoms with Crippen molar-refractivity contribution in [3.05, 3.63) is 18.2 Å². The van der Waals surface area contributed by atoms with Crippen molar-refractivity contribution < 1.29 is 14.9 Å². The number of hydrogen-bond donors (Lipinski definition) is 4. The van der Waals surface area contributed by atoms with Gasteiger partial charge in [0.15, 0.2) is 0 Å². The van der Waals surface area contributed by atoms with Crippen molar-refractivity contribution in [1.29, 1.82) is 0 Å². The van der Waals surface area contributed by atoms with Crippen LogP contribution in [0.1, 0.15) is 11.8 Å². The Morgan fingerprint density at radius 2 is 2.29 bits per heavy atom. The third-order valence-corrected chi connectivity index (χ3v) is 2.42. The number of imidazole rings is 1. The summed E-state index contributed by atoms with van der Waals surface area (Å²) in [4.78, 5) is 6.64. The molecule has 1 saturated heterocycles. The van der Waals surface area contributed by atoms with E-state index in [0.29, 0.717) is 5.69 Å². The van der Waals surface area contributed by atoms with Crippen molar-refractivity contribution in [3.63, 3.8) is 0 Å². The van der Waals surface area contributed by atoms with Gasteiger partial charge < -0.3 is 25.7 Å². The maximum absolute atomic E-state index is 9.65. The summed E-state index contributed by atoms with van der Waals surface area (Å²) in [6.45, 7) is 0.183. The number of aromatic nitrogens is 2. The quantitative estimate of drug-likeness (QED) is 0.465. The van der Waals surface area contributed by atoms with Gasteiger partial charge in [-0.1, -0.05) is 0 Å². The maximum atomic E-state index is 9.65. The minimum Gasteiger partial charge on any atom is -0.388 e. The Hall–Kier alpha value is -0.950. The molecule has 1 aliphatic rings. The first kappa shape index (κ1) is 9.60.